The van der Waals surface area contributed by atoms with Crippen LogP contribution < -0.4 is 11.1 Å². The smallest absolute Gasteiger partial charge is 0.224 e. The van der Waals surface area contributed by atoms with E-state index in [-0.39, 0.29) is 11.9 Å². The van der Waals surface area contributed by atoms with Crippen LogP contribution in [-0.4, -0.2) is 23.5 Å². The van der Waals surface area contributed by atoms with E-state index in [0.29, 0.717) is 6.42 Å². The minimum Gasteiger partial charge on any atom is -0.328 e. The van der Waals surface area contributed by atoms with Crippen LogP contribution in [0, 0.1) is 6.92 Å². The number of amides is 1. The lowest BCUT2D eigenvalue weighted by atomic mass is 10.2. The normalized spacial score (nSPS) is 12.2. The molecule has 0 radical (unpaired) electrons. The number of benzene rings is 1. The number of nitrogens with one attached hydrogen (secondary N) is 1. The topological polar surface area (TPSA) is 55.1 Å². The molecule has 1 atom stereocenters. The van der Waals surface area contributed by atoms with Crippen molar-refractivity contribution in [1.82, 2.24) is 0 Å². The van der Waals surface area contributed by atoms with Gasteiger partial charge in [0.1, 0.15) is 0 Å². The molecule has 1 rings (SSSR count). The third-order valence-corrected chi connectivity index (χ3v) is 3.81. The van der Waals surface area contributed by atoms with Crippen molar-refractivity contribution in [3.63, 3.8) is 0 Å². The SMILES string of the molecule is Cc1cccc(NC(=O)CCCSCCC(C)N)c1. The fourth-order valence-corrected chi connectivity index (χ4v) is 2.74. The number of aryl methyl sites for hydroxylation is 1. The molecule has 0 aliphatic carbocycles. The molecule has 106 valence electrons. The van der Waals surface area contributed by atoms with Gasteiger partial charge in [-0.05, 0) is 55.9 Å². The van der Waals surface area contributed by atoms with E-state index in [1.807, 2.05) is 49.9 Å². The van der Waals surface area contributed by atoms with Gasteiger partial charge >= 0.3 is 0 Å². The third-order valence-electron chi connectivity index (χ3n) is 2.71. The molecule has 1 aromatic rings. The van der Waals surface area contributed by atoms with Gasteiger partial charge in [0, 0.05) is 18.2 Å². The summed E-state index contributed by atoms with van der Waals surface area (Å²) >= 11 is 1.87. The largest absolute Gasteiger partial charge is 0.328 e. The molecular weight excluding hydrogens is 256 g/mol. The lowest BCUT2D eigenvalue weighted by molar-refractivity contribution is -0.116. The van der Waals surface area contributed by atoms with Crippen LogP contribution in [0.25, 0.3) is 0 Å². The first-order valence-corrected chi connectivity index (χ1v) is 7.93. The van der Waals surface area contributed by atoms with E-state index >= 15 is 0 Å². The van der Waals surface area contributed by atoms with Crippen LogP contribution >= 0.6 is 11.8 Å². The van der Waals surface area contributed by atoms with Crippen molar-refractivity contribution < 1.29 is 4.79 Å². The van der Waals surface area contributed by atoms with Crippen LogP contribution in [0.1, 0.15) is 31.7 Å². The highest BCUT2D eigenvalue weighted by Crippen LogP contribution is 2.11. The Hall–Kier alpha value is -1.00. The lowest BCUT2D eigenvalue weighted by Crippen LogP contribution is -2.15. The number of thioether (sulfide) groups is 1. The van der Waals surface area contributed by atoms with E-state index in [2.05, 4.69) is 5.32 Å². The Morgan fingerprint density at radius 3 is 2.89 bits per heavy atom. The average molecular weight is 280 g/mol. The van der Waals surface area contributed by atoms with E-state index < -0.39 is 0 Å². The van der Waals surface area contributed by atoms with Crippen LogP contribution in [0.4, 0.5) is 5.69 Å². The molecule has 3 nitrogen and oxygen atoms in total. The van der Waals surface area contributed by atoms with Gasteiger partial charge in [0.25, 0.3) is 0 Å². The van der Waals surface area contributed by atoms with Crippen LogP contribution in [0.3, 0.4) is 0 Å². The second-order valence-electron chi connectivity index (χ2n) is 4.90. The summed E-state index contributed by atoms with van der Waals surface area (Å²) in [5, 5.41) is 2.92. The second-order valence-corrected chi connectivity index (χ2v) is 6.12. The number of anilines is 1. The molecule has 0 bridgehead atoms. The summed E-state index contributed by atoms with van der Waals surface area (Å²) < 4.78 is 0. The zero-order valence-electron chi connectivity index (χ0n) is 11.8. The first kappa shape index (κ1) is 16.1. The van der Waals surface area contributed by atoms with Crippen molar-refractivity contribution in [3.8, 4) is 0 Å². The molecule has 19 heavy (non-hydrogen) atoms. The summed E-state index contributed by atoms with van der Waals surface area (Å²) in [5.41, 5.74) is 7.72. The fourth-order valence-electron chi connectivity index (χ4n) is 1.65. The monoisotopic (exact) mass is 280 g/mol. The maximum absolute atomic E-state index is 11.7. The number of nitrogens with two attached hydrogens (primary N) is 1. The van der Waals surface area contributed by atoms with E-state index in [4.69, 9.17) is 5.73 Å². The molecule has 3 N–H and O–H groups in total. The Kier molecular flexibility index (Phi) is 7.60. The van der Waals surface area contributed by atoms with Gasteiger partial charge in [0.2, 0.25) is 5.91 Å². The number of carbonyl (C=O) groups excluding carboxylic acids is 1. The molecule has 0 aliphatic rings. The van der Waals surface area contributed by atoms with Crippen LogP contribution in [0.15, 0.2) is 24.3 Å². The van der Waals surface area contributed by atoms with Gasteiger partial charge in [-0.2, -0.15) is 11.8 Å². The summed E-state index contributed by atoms with van der Waals surface area (Å²) in [6, 6.07) is 8.15. The highest BCUT2D eigenvalue weighted by atomic mass is 32.2. The highest BCUT2D eigenvalue weighted by Gasteiger charge is 2.02. The van der Waals surface area contributed by atoms with Crippen molar-refractivity contribution in [2.24, 2.45) is 5.73 Å². The van der Waals surface area contributed by atoms with E-state index in [0.717, 1.165) is 35.6 Å². The lowest BCUT2D eigenvalue weighted by Gasteiger charge is -2.06. The Morgan fingerprint density at radius 1 is 1.42 bits per heavy atom. The van der Waals surface area contributed by atoms with Gasteiger partial charge in [-0.15, -0.1) is 0 Å². The minimum absolute atomic E-state index is 0.0957. The number of carbonyl (C=O) groups is 1. The van der Waals surface area contributed by atoms with Crippen LogP contribution in [0.5, 0.6) is 0 Å². The molecule has 0 aromatic heterocycles. The number of rotatable bonds is 8. The zero-order valence-corrected chi connectivity index (χ0v) is 12.6. The minimum atomic E-state index is 0.0957. The van der Waals surface area contributed by atoms with Crippen LogP contribution in [0.2, 0.25) is 0 Å². The molecule has 0 saturated heterocycles. The van der Waals surface area contributed by atoms with E-state index in [9.17, 15) is 4.79 Å². The molecule has 4 heteroatoms. The van der Waals surface area contributed by atoms with Crippen LogP contribution in [-0.2, 0) is 4.79 Å². The average Bonchev–Trinajstić information content (AvgIpc) is 2.33. The molecule has 0 saturated carbocycles. The predicted octanol–water partition coefficient (Wildman–Crippen LogP) is 3.18. The van der Waals surface area contributed by atoms with Gasteiger partial charge in [0.15, 0.2) is 0 Å². The molecule has 0 spiro atoms. The van der Waals surface area contributed by atoms with Crippen molar-refractivity contribution in [3.05, 3.63) is 29.8 Å². The van der Waals surface area contributed by atoms with E-state index in [1.54, 1.807) is 0 Å². The maximum atomic E-state index is 11.7. The molecule has 0 aliphatic heterocycles. The van der Waals surface area contributed by atoms with Gasteiger partial charge in [-0.3, -0.25) is 4.79 Å². The molecular formula is C15H24N2OS. The first-order chi connectivity index (χ1) is 9.08. The fraction of sp³-hybridized carbons (Fsp3) is 0.533. The Bertz CT molecular complexity index is 393. The van der Waals surface area contributed by atoms with Gasteiger partial charge in [-0.25, -0.2) is 0 Å². The Balaban J connectivity index is 2.11. The highest BCUT2D eigenvalue weighted by molar-refractivity contribution is 7.99. The summed E-state index contributed by atoms with van der Waals surface area (Å²) in [6.45, 7) is 4.04. The zero-order chi connectivity index (χ0) is 14.1. The first-order valence-electron chi connectivity index (χ1n) is 6.78. The molecule has 1 unspecified atom stereocenters. The predicted molar refractivity (Wildman–Crippen MR) is 84.6 cm³/mol. The number of hydrogen-bond acceptors (Lipinski definition) is 3. The summed E-state index contributed by atoms with van der Waals surface area (Å²) in [7, 11) is 0. The third kappa shape index (κ3) is 7.90. The molecule has 0 fully saturated rings. The van der Waals surface area contributed by atoms with Crippen molar-refractivity contribution in [2.75, 3.05) is 16.8 Å². The van der Waals surface area contributed by atoms with Crippen molar-refractivity contribution in [1.29, 1.82) is 0 Å². The maximum Gasteiger partial charge on any atom is 0.224 e. The molecule has 1 aromatic carbocycles. The standard InChI is InChI=1S/C15H24N2OS/c1-12-5-3-6-14(11-12)17-15(18)7-4-9-19-10-8-13(2)16/h3,5-6,11,13H,4,7-10,16H2,1-2H3,(H,17,18). The van der Waals surface area contributed by atoms with Crippen molar-refractivity contribution in [2.45, 2.75) is 39.2 Å². The van der Waals surface area contributed by atoms with Crippen molar-refractivity contribution >= 4 is 23.4 Å². The van der Waals surface area contributed by atoms with E-state index in [1.165, 1.54) is 0 Å². The molecule has 0 heterocycles. The second kappa shape index (κ2) is 8.99. The quantitative estimate of drug-likeness (QED) is 0.719. The summed E-state index contributed by atoms with van der Waals surface area (Å²) in [6.07, 6.45) is 2.54. The summed E-state index contributed by atoms with van der Waals surface area (Å²) in [4.78, 5) is 11.7. The number of hydrogen-bond donors (Lipinski definition) is 2. The summed E-state index contributed by atoms with van der Waals surface area (Å²) in [5.74, 6) is 2.20. The molecule has 1 amide bonds. The Morgan fingerprint density at radius 2 is 2.21 bits per heavy atom. The van der Waals surface area contributed by atoms with Gasteiger partial charge in [-0.1, -0.05) is 12.1 Å². The van der Waals surface area contributed by atoms with Gasteiger partial charge in [0.05, 0.1) is 0 Å². The Labute approximate surface area is 120 Å². The van der Waals surface area contributed by atoms with Gasteiger partial charge < -0.3 is 11.1 Å².